The summed E-state index contributed by atoms with van der Waals surface area (Å²) in [4.78, 5) is 14.4. The van der Waals surface area contributed by atoms with Crippen LogP contribution in [-0.2, 0) is 21.4 Å². The number of anilines is 1. The molecule has 0 atom stereocenters. The van der Waals surface area contributed by atoms with E-state index in [4.69, 9.17) is 16.3 Å². The molecule has 0 aromatic heterocycles. The monoisotopic (exact) mass is 490 g/mol. The van der Waals surface area contributed by atoms with Crippen LogP contribution in [0.2, 0.25) is 5.02 Å². The van der Waals surface area contributed by atoms with Gasteiger partial charge >= 0.3 is 0 Å². The Morgan fingerprint density at radius 3 is 2.24 bits per heavy atom. The molecule has 0 aliphatic carbocycles. The molecule has 6 nitrogen and oxygen atoms in total. The number of hydrogen-bond donors (Lipinski definition) is 0. The first-order valence-corrected chi connectivity index (χ1v) is 11.9. The van der Waals surface area contributed by atoms with E-state index in [1.165, 1.54) is 49.4 Å². The fourth-order valence-corrected chi connectivity index (χ4v) is 4.73. The molecule has 174 valence electrons. The fourth-order valence-electron chi connectivity index (χ4n) is 3.15. The molecule has 0 unspecified atom stereocenters. The summed E-state index contributed by atoms with van der Waals surface area (Å²) in [7, 11) is -1.06. The number of amides is 1. The predicted octanol–water partition coefficient (Wildman–Crippen LogP) is 4.65. The minimum atomic E-state index is -4.13. The van der Waals surface area contributed by atoms with Crippen LogP contribution in [0.15, 0.2) is 71.6 Å². The lowest BCUT2D eigenvalue weighted by atomic mass is 10.2. The summed E-state index contributed by atoms with van der Waals surface area (Å²) in [5.74, 6) is -0.525. The van der Waals surface area contributed by atoms with E-state index in [1.807, 2.05) is 6.92 Å². The molecule has 0 bridgehead atoms. The summed E-state index contributed by atoms with van der Waals surface area (Å²) in [6.45, 7) is 0.925. The first kappa shape index (κ1) is 24.7. The maximum atomic E-state index is 14.5. The van der Waals surface area contributed by atoms with Crippen molar-refractivity contribution >= 4 is 33.2 Å². The number of sulfonamides is 1. The van der Waals surface area contributed by atoms with Crippen molar-refractivity contribution in [2.45, 2.75) is 18.4 Å². The maximum Gasteiger partial charge on any atom is 0.243 e. The summed E-state index contributed by atoms with van der Waals surface area (Å²) in [6.07, 6.45) is 0. The van der Waals surface area contributed by atoms with Crippen LogP contribution in [0.5, 0.6) is 5.75 Å². The zero-order valence-electron chi connectivity index (χ0n) is 18.5. The molecule has 33 heavy (non-hydrogen) atoms. The van der Waals surface area contributed by atoms with E-state index in [1.54, 1.807) is 36.4 Å². The number of hydrogen-bond acceptors (Lipinski definition) is 4. The Balaban J connectivity index is 1.95. The molecule has 0 aliphatic heterocycles. The van der Waals surface area contributed by atoms with E-state index >= 15 is 0 Å². The zero-order valence-corrected chi connectivity index (χ0v) is 20.0. The molecular weight excluding hydrogens is 467 g/mol. The van der Waals surface area contributed by atoms with Crippen LogP contribution < -0.4 is 9.64 Å². The van der Waals surface area contributed by atoms with E-state index in [-0.39, 0.29) is 15.5 Å². The molecule has 1 amide bonds. The molecule has 0 saturated heterocycles. The van der Waals surface area contributed by atoms with Crippen LogP contribution in [0.25, 0.3) is 0 Å². The fraction of sp³-hybridized carbons (Fsp3) is 0.208. The number of methoxy groups -OCH3 is 1. The van der Waals surface area contributed by atoms with Crippen LogP contribution in [0.3, 0.4) is 0 Å². The van der Waals surface area contributed by atoms with Crippen molar-refractivity contribution in [3.05, 3.63) is 88.7 Å². The molecule has 0 N–H and O–H groups in total. The van der Waals surface area contributed by atoms with Crippen LogP contribution in [-0.4, -0.2) is 39.3 Å². The third-order valence-electron chi connectivity index (χ3n) is 5.20. The Labute approximate surface area is 198 Å². The van der Waals surface area contributed by atoms with Crippen molar-refractivity contribution in [3.8, 4) is 5.75 Å². The third kappa shape index (κ3) is 5.71. The van der Waals surface area contributed by atoms with Gasteiger partial charge in [-0.2, -0.15) is 4.31 Å². The molecule has 3 aromatic rings. The van der Waals surface area contributed by atoms with Gasteiger partial charge in [0, 0.05) is 29.9 Å². The Morgan fingerprint density at radius 2 is 1.67 bits per heavy atom. The number of rotatable bonds is 8. The molecule has 0 aliphatic rings. The minimum absolute atomic E-state index is 0.000428. The standard InChI is InChI=1S/C24H24ClFN2O4S/c1-17-7-13-20(14-8-17)33(30,31)28(15-21-22(25)5-4-6-23(21)26)16-24(29)27(2)18-9-11-19(32-3)12-10-18/h4-14H,15-16H2,1-3H3. The topological polar surface area (TPSA) is 66.9 Å². The number of aryl methyl sites for hydroxylation is 1. The van der Waals surface area contributed by atoms with Gasteiger partial charge in [0.2, 0.25) is 15.9 Å². The molecular formula is C24H24ClFN2O4S. The second-order valence-corrected chi connectivity index (χ2v) is 9.78. The predicted molar refractivity (Wildman–Crippen MR) is 127 cm³/mol. The van der Waals surface area contributed by atoms with Gasteiger partial charge in [-0.05, 0) is 55.5 Å². The summed E-state index contributed by atoms with van der Waals surface area (Å²) in [5, 5.41) is 0.0788. The van der Waals surface area contributed by atoms with Crippen LogP contribution in [0, 0.1) is 12.7 Å². The summed E-state index contributed by atoms with van der Waals surface area (Å²) in [5.41, 5.74) is 1.43. The Bertz CT molecular complexity index is 1210. The highest BCUT2D eigenvalue weighted by Gasteiger charge is 2.29. The highest BCUT2D eigenvalue weighted by molar-refractivity contribution is 7.89. The first-order chi connectivity index (χ1) is 15.6. The molecule has 0 spiro atoms. The minimum Gasteiger partial charge on any atom is -0.497 e. The van der Waals surface area contributed by atoms with Crippen molar-refractivity contribution < 1.29 is 22.3 Å². The van der Waals surface area contributed by atoms with Gasteiger partial charge in [-0.15, -0.1) is 0 Å². The molecule has 9 heteroatoms. The van der Waals surface area contributed by atoms with Gasteiger partial charge < -0.3 is 9.64 Å². The van der Waals surface area contributed by atoms with Crippen LogP contribution in [0.4, 0.5) is 10.1 Å². The number of carbonyl (C=O) groups excluding carboxylic acids is 1. The smallest absolute Gasteiger partial charge is 0.243 e. The number of ether oxygens (including phenoxy) is 1. The van der Waals surface area contributed by atoms with E-state index < -0.39 is 34.8 Å². The van der Waals surface area contributed by atoms with Crippen molar-refractivity contribution in [2.75, 3.05) is 25.6 Å². The maximum absolute atomic E-state index is 14.5. The molecule has 3 aromatic carbocycles. The largest absolute Gasteiger partial charge is 0.497 e. The number of likely N-dealkylation sites (N-methyl/N-ethyl adjacent to an activating group) is 1. The number of benzene rings is 3. The van der Waals surface area contributed by atoms with Crippen LogP contribution in [0.1, 0.15) is 11.1 Å². The molecule has 0 saturated carbocycles. The van der Waals surface area contributed by atoms with Gasteiger partial charge in [0.1, 0.15) is 11.6 Å². The highest BCUT2D eigenvalue weighted by Crippen LogP contribution is 2.26. The van der Waals surface area contributed by atoms with Crippen molar-refractivity contribution in [1.82, 2.24) is 4.31 Å². The second kappa shape index (κ2) is 10.3. The Kier molecular flexibility index (Phi) is 7.73. The average molecular weight is 491 g/mol. The van der Waals surface area contributed by atoms with E-state index in [0.29, 0.717) is 11.4 Å². The van der Waals surface area contributed by atoms with Gasteiger partial charge in [-0.3, -0.25) is 4.79 Å². The van der Waals surface area contributed by atoms with Gasteiger partial charge in [0.15, 0.2) is 0 Å². The number of halogens is 2. The highest BCUT2D eigenvalue weighted by atomic mass is 35.5. The van der Waals surface area contributed by atoms with Gasteiger partial charge in [0.05, 0.1) is 18.6 Å². The van der Waals surface area contributed by atoms with Crippen molar-refractivity contribution in [2.24, 2.45) is 0 Å². The number of carbonyl (C=O) groups is 1. The number of nitrogens with zero attached hydrogens (tertiary/aromatic N) is 2. The van der Waals surface area contributed by atoms with Crippen LogP contribution >= 0.6 is 11.6 Å². The van der Waals surface area contributed by atoms with E-state index in [2.05, 4.69) is 0 Å². The zero-order chi connectivity index (χ0) is 24.2. The molecule has 3 rings (SSSR count). The van der Waals surface area contributed by atoms with Gasteiger partial charge in [-0.1, -0.05) is 35.4 Å². The third-order valence-corrected chi connectivity index (χ3v) is 7.36. The molecule has 0 fully saturated rings. The summed E-state index contributed by atoms with van der Waals surface area (Å²) >= 11 is 6.15. The van der Waals surface area contributed by atoms with E-state index in [9.17, 15) is 17.6 Å². The first-order valence-electron chi connectivity index (χ1n) is 10.0. The average Bonchev–Trinajstić information content (AvgIpc) is 2.80. The summed E-state index contributed by atoms with van der Waals surface area (Å²) < 4.78 is 47.4. The second-order valence-electron chi connectivity index (χ2n) is 7.44. The Morgan fingerprint density at radius 1 is 1.03 bits per heavy atom. The molecule has 0 radical (unpaired) electrons. The van der Waals surface area contributed by atoms with Gasteiger partial charge in [0.25, 0.3) is 0 Å². The quantitative estimate of drug-likeness (QED) is 0.461. The normalized spacial score (nSPS) is 11.5. The SMILES string of the molecule is COc1ccc(N(C)C(=O)CN(Cc2c(F)cccc2Cl)S(=O)(=O)c2ccc(C)cc2)cc1. The summed E-state index contributed by atoms with van der Waals surface area (Å²) in [6, 6.07) is 17.1. The molecule has 0 heterocycles. The lowest BCUT2D eigenvalue weighted by Crippen LogP contribution is -2.41. The lowest BCUT2D eigenvalue weighted by molar-refractivity contribution is -0.118. The van der Waals surface area contributed by atoms with Crippen molar-refractivity contribution in [1.29, 1.82) is 0 Å². The van der Waals surface area contributed by atoms with Gasteiger partial charge in [-0.25, -0.2) is 12.8 Å². The Hall–Kier alpha value is -2.94. The lowest BCUT2D eigenvalue weighted by Gasteiger charge is -2.25. The van der Waals surface area contributed by atoms with E-state index in [0.717, 1.165) is 9.87 Å². The van der Waals surface area contributed by atoms with Crippen molar-refractivity contribution in [3.63, 3.8) is 0 Å².